The minimum absolute atomic E-state index is 0.196. The van der Waals surface area contributed by atoms with E-state index in [-0.39, 0.29) is 12.2 Å². The molecule has 2 saturated heterocycles. The van der Waals surface area contributed by atoms with Crippen LogP contribution in [0.5, 0.6) is 0 Å². The molecule has 0 saturated carbocycles. The highest BCUT2D eigenvalue weighted by atomic mass is 16.5. The molecule has 4 heteroatoms. The van der Waals surface area contributed by atoms with E-state index in [1.807, 2.05) is 0 Å². The number of rotatable bonds is 0. The molecule has 70 valence electrons. The molecular weight excluding hydrogens is 158 g/mol. The third-order valence-corrected chi connectivity index (χ3v) is 2.79. The van der Waals surface area contributed by atoms with E-state index < -0.39 is 12.2 Å². The van der Waals surface area contributed by atoms with Crippen molar-refractivity contribution in [3.8, 4) is 0 Å². The van der Waals surface area contributed by atoms with Crippen LogP contribution in [0.4, 0.5) is 0 Å². The highest BCUT2D eigenvalue weighted by Crippen LogP contribution is 2.30. The fourth-order valence-electron chi connectivity index (χ4n) is 1.97. The molecule has 0 aromatic heterocycles. The maximum Gasteiger partial charge on any atom is 0.103 e. The van der Waals surface area contributed by atoms with E-state index in [1.165, 1.54) is 0 Å². The molecule has 3 N–H and O–H groups in total. The van der Waals surface area contributed by atoms with Crippen LogP contribution in [0.15, 0.2) is 0 Å². The maximum atomic E-state index is 9.45. The normalized spacial score (nSPS) is 48.5. The summed E-state index contributed by atoms with van der Waals surface area (Å²) >= 11 is 0. The summed E-state index contributed by atoms with van der Waals surface area (Å²) in [6.07, 6.45) is 0.188. The van der Waals surface area contributed by atoms with E-state index in [2.05, 4.69) is 5.32 Å². The Bertz CT molecular complexity index is 168. The lowest BCUT2D eigenvalue weighted by Crippen LogP contribution is -2.50. The molecule has 2 rings (SSSR count). The van der Waals surface area contributed by atoms with Gasteiger partial charge in [-0.05, 0) is 13.0 Å². The monoisotopic (exact) mass is 173 g/mol. The second-order valence-corrected chi connectivity index (χ2v) is 3.76. The van der Waals surface area contributed by atoms with Gasteiger partial charge in [-0.15, -0.1) is 0 Å². The van der Waals surface area contributed by atoms with Gasteiger partial charge >= 0.3 is 0 Å². The Balaban J connectivity index is 2.01. The number of ether oxygens (including phenoxy) is 1. The summed E-state index contributed by atoms with van der Waals surface area (Å²) in [5.74, 6) is 0. The minimum Gasteiger partial charge on any atom is -0.390 e. The van der Waals surface area contributed by atoms with Gasteiger partial charge in [0, 0.05) is 13.0 Å². The zero-order valence-corrected chi connectivity index (χ0v) is 6.99. The molecule has 0 amide bonds. The van der Waals surface area contributed by atoms with Crippen LogP contribution in [0.25, 0.3) is 0 Å². The van der Waals surface area contributed by atoms with Crippen LogP contribution < -0.4 is 5.32 Å². The largest absolute Gasteiger partial charge is 0.390 e. The average molecular weight is 173 g/mol. The van der Waals surface area contributed by atoms with Gasteiger partial charge in [-0.1, -0.05) is 0 Å². The first-order chi connectivity index (χ1) is 5.72. The van der Waals surface area contributed by atoms with Gasteiger partial charge in [0.15, 0.2) is 0 Å². The molecule has 0 aromatic carbocycles. The molecule has 2 aliphatic rings. The Morgan fingerprint density at radius 3 is 2.75 bits per heavy atom. The Morgan fingerprint density at radius 2 is 2.17 bits per heavy atom. The molecule has 2 aliphatic heterocycles. The highest BCUT2D eigenvalue weighted by Gasteiger charge is 2.42. The average Bonchev–Trinajstić information content (AvgIpc) is 2.47. The highest BCUT2D eigenvalue weighted by molar-refractivity contribution is 4.96. The van der Waals surface area contributed by atoms with Crippen LogP contribution in [-0.2, 0) is 4.74 Å². The molecule has 0 bridgehead atoms. The second-order valence-electron chi connectivity index (χ2n) is 3.76. The van der Waals surface area contributed by atoms with Crippen molar-refractivity contribution in [2.24, 2.45) is 0 Å². The van der Waals surface area contributed by atoms with Crippen LogP contribution >= 0.6 is 0 Å². The topological polar surface area (TPSA) is 61.7 Å². The number of aliphatic hydroxyl groups is 2. The van der Waals surface area contributed by atoms with Crippen molar-refractivity contribution in [2.75, 3.05) is 19.7 Å². The van der Waals surface area contributed by atoms with Gasteiger partial charge < -0.3 is 20.3 Å². The molecule has 3 atom stereocenters. The predicted octanol–water partition coefficient (Wildman–Crippen LogP) is -1.14. The molecule has 1 spiro atoms. The van der Waals surface area contributed by atoms with Crippen molar-refractivity contribution >= 4 is 0 Å². The molecule has 0 aliphatic carbocycles. The summed E-state index contributed by atoms with van der Waals surface area (Å²) in [5, 5.41) is 21.9. The summed E-state index contributed by atoms with van der Waals surface area (Å²) in [4.78, 5) is 0. The van der Waals surface area contributed by atoms with Crippen LogP contribution in [0.2, 0.25) is 0 Å². The zero-order valence-electron chi connectivity index (χ0n) is 6.99. The SMILES string of the molecule is O[C@@H]1COC2(CCNC2)C[C@@H]1O. The molecule has 2 heterocycles. The van der Waals surface area contributed by atoms with E-state index in [1.54, 1.807) is 0 Å². The van der Waals surface area contributed by atoms with Crippen LogP contribution in [0.1, 0.15) is 12.8 Å². The lowest BCUT2D eigenvalue weighted by atomic mass is 9.90. The van der Waals surface area contributed by atoms with Crippen LogP contribution in [0, 0.1) is 0 Å². The summed E-state index contributed by atoms with van der Waals surface area (Å²) in [6, 6.07) is 0. The van der Waals surface area contributed by atoms with Gasteiger partial charge in [0.05, 0.1) is 18.3 Å². The maximum absolute atomic E-state index is 9.45. The quantitative estimate of drug-likeness (QED) is 0.433. The van der Waals surface area contributed by atoms with Gasteiger partial charge in [0.1, 0.15) is 6.10 Å². The summed E-state index contributed by atoms with van der Waals surface area (Å²) < 4.78 is 5.54. The molecule has 2 fully saturated rings. The Labute approximate surface area is 71.5 Å². The predicted molar refractivity (Wildman–Crippen MR) is 42.8 cm³/mol. The standard InChI is InChI=1S/C8H15NO3/c10-6-3-8(1-2-9-5-8)12-4-7(6)11/h6-7,9-11H,1-5H2/t6-,7+,8?/m0/s1. The first-order valence-corrected chi connectivity index (χ1v) is 4.43. The van der Waals surface area contributed by atoms with Crippen molar-refractivity contribution < 1.29 is 14.9 Å². The summed E-state index contributed by atoms with van der Waals surface area (Å²) in [6.45, 7) is 2.02. The summed E-state index contributed by atoms with van der Waals surface area (Å²) in [7, 11) is 0. The van der Waals surface area contributed by atoms with Gasteiger partial charge in [0.25, 0.3) is 0 Å². The van der Waals surface area contributed by atoms with Crippen molar-refractivity contribution in [3.63, 3.8) is 0 Å². The van der Waals surface area contributed by atoms with E-state index in [0.29, 0.717) is 6.42 Å². The van der Waals surface area contributed by atoms with E-state index in [9.17, 15) is 10.2 Å². The minimum atomic E-state index is -0.698. The van der Waals surface area contributed by atoms with Crippen molar-refractivity contribution in [1.29, 1.82) is 0 Å². The fraction of sp³-hybridized carbons (Fsp3) is 1.00. The lowest BCUT2D eigenvalue weighted by molar-refractivity contribution is -0.163. The Kier molecular flexibility index (Phi) is 2.08. The van der Waals surface area contributed by atoms with Crippen LogP contribution in [0.3, 0.4) is 0 Å². The zero-order chi connectivity index (χ0) is 8.60. The number of nitrogens with one attached hydrogen (secondary N) is 1. The smallest absolute Gasteiger partial charge is 0.103 e. The number of hydrogen-bond donors (Lipinski definition) is 3. The first kappa shape index (κ1) is 8.44. The van der Waals surface area contributed by atoms with Crippen LogP contribution in [-0.4, -0.2) is 47.7 Å². The molecule has 4 nitrogen and oxygen atoms in total. The fourth-order valence-corrected chi connectivity index (χ4v) is 1.97. The van der Waals surface area contributed by atoms with E-state index >= 15 is 0 Å². The van der Waals surface area contributed by atoms with Crippen molar-refractivity contribution in [2.45, 2.75) is 30.7 Å². The third-order valence-electron chi connectivity index (χ3n) is 2.79. The van der Waals surface area contributed by atoms with Gasteiger partial charge in [-0.25, -0.2) is 0 Å². The summed E-state index contributed by atoms with van der Waals surface area (Å²) in [5.41, 5.74) is -0.196. The van der Waals surface area contributed by atoms with Crippen molar-refractivity contribution in [1.82, 2.24) is 5.32 Å². The molecule has 1 unspecified atom stereocenters. The lowest BCUT2D eigenvalue weighted by Gasteiger charge is -2.38. The molecule has 0 aromatic rings. The number of hydrogen-bond acceptors (Lipinski definition) is 4. The van der Waals surface area contributed by atoms with Crippen molar-refractivity contribution in [3.05, 3.63) is 0 Å². The molecule has 12 heavy (non-hydrogen) atoms. The van der Waals surface area contributed by atoms with E-state index in [0.717, 1.165) is 19.5 Å². The Hall–Kier alpha value is -0.160. The first-order valence-electron chi connectivity index (χ1n) is 4.43. The molecule has 0 radical (unpaired) electrons. The Morgan fingerprint density at radius 1 is 1.33 bits per heavy atom. The van der Waals surface area contributed by atoms with Gasteiger partial charge in [0.2, 0.25) is 0 Å². The number of aliphatic hydroxyl groups excluding tert-OH is 2. The van der Waals surface area contributed by atoms with Gasteiger partial charge in [-0.3, -0.25) is 0 Å². The third kappa shape index (κ3) is 1.35. The molecular formula is C8H15NO3. The second kappa shape index (κ2) is 2.96. The van der Waals surface area contributed by atoms with E-state index in [4.69, 9.17) is 4.74 Å². The van der Waals surface area contributed by atoms with Gasteiger partial charge in [-0.2, -0.15) is 0 Å².